The molecule has 2 aromatic rings. The Morgan fingerprint density at radius 2 is 2.35 bits per heavy atom. The Hall–Kier alpha value is -1.62. The fourth-order valence-corrected chi connectivity index (χ4v) is 2.11. The minimum Gasteiger partial charge on any atom is -0.496 e. The fraction of sp³-hybridized carbons (Fsp3) is 0.167. The van der Waals surface area contributed by atoms with Crippen LogP contribution in [0.5, 0.6) is 5.75 Å². The first-order valence-corrected chi connectivity index (χ1v) is 5.82. The SMILES string of the molecule is COc1ccc(Cn2cc(C=O)cn2)cc1Br. The summed E-state index contributed by atoms with van der Waals surface area (Å²) >= 11 is 3.43. The lowest BCUT2D eigenvalue weighted by molar-refractivity contribution is 0.112. The summed E-state index contributed by atoms with van der Waals surface area (Å²) in [5.74, 6) is 0.794. The molecule has 0 unspecified atom stereocenters. The standard InChI is InChI=1S/C12H11BrN2O2/c1-17-12-3-2-9(4-11(12)13)6-15-7-10(8-16)5-14-15/h2-5,7-8H,6H2,1H3. The van der Waals surface area contributed by atoms with Crippen molar-refractivity contribution < 1.29 is 9.53 Å². The molecule has 0 aliphatic carbocycles. The van der Waals surface area contributed by atoms with Gasteiger partial charge in [-0.25, -0.2) is 0 Å². The van der Waals surface area contributed by atoms with Crippen molar-refractivity contribution in [1.29, 1.82) is 0 Å². The molecule has 0 amide bonds. The van der Waals surface area contributed by atoms with Crippen molar-refractivity contribution in [2.45, 2.75) is 6.54 Å². The van der Waals surface area contributed by atoms with Crippen LogP contribution >= 0.6 is 15.9 Å². The molecule has 0 spiro atoms. The zero-order valence-corrected chi connectivity index (χ0v) is 10.8. The number of aldehydes is 1. The van der Waals surface area contributed by atoms with Gasteiger partial charge in [-0.2, -0.15) is 5.10 Å². The van der Waals surface area contributed by atoms with Gasteiger partial charge in [0.25, 0.3) is 0 Å². The minimum atomic E-state index is 0.581. The van der Waals surface area contributed by atoms with Gasteiger partial charge in [-0.1, -0.05) is 6.07 Å². The van der Waals surface area contributed by atoms with Crippen LogP contribution in [0.15, 0.2) is 35.1 Å². The highest BCUT2D eigenvalue weighted by Gasteiger charge is 2.03. The number of hydrogen-bond donors (Lipinski definition) is 0. The molecule has 5 heteroatoms. The van der Waals surface area contributed by atoms with Crippen LogP contribution in [0.3, 0.4) is 0 Å². The van der Waals surface area contributed by atoms with Gasteiger partial charge in [0.15, 0.2) is 6.29 Å². The molecule has 0 aliphatic rings. The maximum Gasteiger partial charge on any atom is 0.153 e. The normalized spacial score (nSPS) is 10.2. The second-order valence-corrected chi connectivity index (χ2v) is 4.41. The zero-order valence-electron chi connectivity index (χ0n) is 9.26. The van der Waals surface area contributed by atoms with Crippen LogP contribution in [0.1, 0.15) is 15.9 Å². The van der Waals surface area contributed by atoms with Crippen LogP contribution in [-0.4, -0.2) is 23.2 Å². The van der Waals surface area contributed by atoms with E-state index in [1.54, 1.807) is 24.2 Å². The molecular formula is C12H11BrN2O2. The molecule has 1 heterocycles. The molecule has 0 fully saturated rings. The number of halogens is 1. The number of carbonyl (C=O) groups excluding carboxylic acids is 1. The first-order chi connectivity index (χ1) is 8.22. The topological polar surface area (TPSA) is 44.1 Å². The minimum absolute atomic E-state index is 0.581. The molecule has 88 valence electrons. The molecule has 17 heavy (non-hydrogen) atoms. The van der Waals surface area contributed by atoms with Crippen molar-refractivity contribution in [2.24, 2.45) is 0 Å². The van der Waals surface area contributed by atoms with E-state index in [1.165, 1.54) is 0 Å². The molecule has 0 saturated carbocycles. The molecule has 1 aromatic carbocycles. The number of methoxy groups -OCH3 is 1. The average molecular weight is 295 g/mol. The van der Waals surface area contributed by atoms with Crippen LogP contribution in [0.2, 0.25) is 0 Å². The molecule has 0 N–H and O–H groups in total. The summed E-state index contributed by atoms with van der Waals surface area (Å²) in [6, 6.07) is 5.83. The van der Waals surface area contributed by atoms with Crippen molar-refractivity contribution >= 4 is 22.2 Å². The summed E-state index contributed by atoms with van der Waals surface area (Å²) in [6.45, 7) is 0.621. The highest BCUT2D eigenvalue weighted by atomic mass is 79.9. The summed E-state index contributed by atoms with van der Waals surface area (Å²) in [5, 5.41) is 4.09. The first kappa shape index (κ1) is 11.9. The number of aromatic nitrogens is 2. The van der Waals surface area contributed by atoms with Crippen molar-refractivity contribution in [2.75, 3.05) is 7.11 Å². The van der Waals surface area contributed by atoms with Crippen molar-refractivity contribution in [3.8, 4) is 5.75 Å². The Morgan fingerprint density at radius 3 is 2.94 bits per heavy atom. The Morgan fingerprint density at radius 1 is 1.53 bits per heavy atom. The summed E-state index contributed by atoms with van der Waals surface area (Å²) in [7, 11) is 1.63. The zero-order chi connectivity index (χ0) is 12.3. The molecule has 2 rings (SSSR count). The summed E-state index contributed by atoms with van der Waals surface area (Å²) in [6.07, 6.45) is 4.05. The van der Waals surface area contributed by atoms with Crippen LogP contribution in [0.4, 0.5) is 0 Å². The smallest absolute Gasteiger partial charge is 0.153 e. The lowest BCUT2D eigenvalue weighted by atomic mass is 10.2. The third-order valence-corrected chi connectivity index (χ3v) is 2.97. The number of hydrogen-bond acceptors (Lipinski definition) is 3. The van der Waals surface area contributed by atoms with Crippen molar-refractivity contribution in [1.82, 2.24) is 9.78 Å². The third kappa shape index (κ3) is 2.74. The van der Waals surface area contributed by atoms with Gasteiger partial charge in [0.05, 0.1) is 29.9 Å². The maximum atomic E-state index is 10.5. The average Bonchev–Trinajstić information content (AvgIpc) is 2.77. The molecule has 0 aliphatic heterocycles. The van der Waals surface area contributed by atoms with Gasteiger partial charge in [0, 0.05) is 6.20 Å². The summed E-state index contributed by atoms with van der Waals surface area (Å²) < 4.78 is 7.78. The Labute approximate surface area is 107 Å². The van der Waals surface area contributed by atoms with Gasteiger partial charge in [-0.05, 0) is 33.6 Å². The van der Waals surface area contributed by atoms with Crippen LogP contribution < -0.4 is 4.74 Å². The van der Waals surface area contributed by atoms with E-state index in [2.05, 4.69) is 21.0 Å². The number of benzene rings is 1. The van der Waals surface area contributed by atoms with Gasteiger partial charge in [0.2, 0.25) is 0 Å². The fourth-order valence-electron chi connectivity index (χ4n) is 1.52. The third-order valence-electron chi connectivity index (χ3n) is 2.35. The Kier molecular flexibility index (Phi) is 3.58. The number of nitrogens with zero attached hydrogens (tertiary/aromatic N) is 2. The molecular weight excluding hydrogens is 284 g/mol. The lowest BCUT2D eigenvalue weighted by Gasteiger charge is -2.06. The number of carbonyl (C=O) groups is 1. The predicted molar refractivity (Wildman–Crippen MR) is 67.4 cm³/mol. The van der Waals surface area contributed by atoms with Gasteiger partial charge in [-0.15, -0.1) is 0 Å². The van der Waals surface area contributed by atoms with E-state index in [-0.39, 0.29) is 0 Å². The van der Waals surface area contributed by atoms with E-state index in [0.29, 0.717) is 12.1 Å². The van der Waals surface area contributed by atoms with E-state index in [0.717, 1.165) is 22.1 Å². The van der Waals surface area contributed by atoms with Crippen LogP contribution in [0, 0.1) is 0 Å². The van der Waals surface area contributed by atoms with E-state index in [9.17, 15) is 4.79 Å². The van der Waals surface area contributed by atoms with Gasteiger partial charge >= 0.3 is 0 Å². The lowest BCUT2D eigenvalue weighted by Crippen LogP contribution is -2.00. The van der Waals surface area contributed by atoms with E-state index in [1.807, 2.05) is 18.2 Å². The van der Waals surface area contributed by atoms with E-state index < -0.39 is 0 Å². The molecule has 1 aromatic heterocycles. The van der Waals surface area contributed by atoms with Crippen molar-refractivity contribution in [3.05, 3.63) is 46.2 Å². The Balaban J connectivity index is 2.18. The number of ether oxygens (including phenoxy) is 1. The molecule has 0 bridgehead atoms. The Bertz CT molecular complexity index is 537. The molecule has 4 nitrogen and oxygen atoms in total. The first-order valence-electron chi connectivity index (χ1n) is 5.03. The number of rotatable bonds is 4. The van der Waals surface area contributed by atoms with Gasteiger partial charge in [-0.3, -0.25) is 9.48 Å². The van der Waals surface area contributed by atoms with Crippen LogP contribution in [0.25, 0.3) is 0 Å². The van der Waals surface area contributed by atoms with Gasteiger partial charge < -0.3 is 4.74 Å². The molecule has 0 atom stereocenters. The van der Waals surface area contributed by atoms with E-state index in [4.69, 9.17) is 4.74 Å². The quantitative estimate of drug-likeness (QED) is 0.814. The summed E-state index contributed by atoms with van der Waals surface area (Å²) in [5.41, 5.74) is 1.66. The predicted octanol–water partition coefficient (Wildman–Crippen LogP) is 2.52. The monoisotopic (exact) mass is 294 g/mol. The highest BCUT2D eigenvalue weighted by Crippen LogP contribution is 2.25. The van der Waals surface area contributed by atoms with Gasteiger partial charge in [0.1, 0.15) is 5.75 Å². The second kappa shape index (κ2) is 5.14. The highest BCUT2D eigenvalue weighted by molar-refractivity contribution is 9.10. The van der Waals surface area contributed by atoms with Crippen molar-refractivity contribution in [3.63, 3.8) is 0 Å². The molecule has 0 saturated heterocycles. The van der Waals surface area contributed by atoms with E-state index >= 15 is 0 Å². The second-order valence-electron chi connectivity index (χ2n) is 3.56. The largest absolute Gasteiger partial charge is 0.496 e. The summed E-state index contributed by atoms with van der Waals surface area (Å²) in [4.78, 5) is 10.5. The molecule has 0 radical (unpaired) electrons. The maximum absolute atomic E-state index is 10.5. The van der Waals surface area contributed by atoms with Crippen LogP contribution in [-0.2, 0) is 6.54 Å².